The van der Waals surface area contributed by atoms with Gasteiger partial charge in [0.2, 0.25) is 5.91 Å². The molecule has 1 atom stereocenters. The molecule has 3 heterocycles. The van der Waals surface area contributed by atoms with Crippen LogP contribution in [0.2, 0.25) is 0 Å². The van der Waals surface area contributed by atoms with Crippen molar-refractivity contribution in [2.75, 3.05) is 13.1 Å². The third-order valence-electron chi connectivity index (χ3n) is 7.31. The maximum absolute atomic E-state index is 13.7. The summed E-state index contributed by atoms with van der Waals surface area (Å²) in [6.07, 6.45) is 4.16. The fraction of sp³-hybridized carbons (Fsp3) is 0.310. The lowest BCUT2D eigenvalue weighted by Crippen LogP contribution is -2.43. The zero-order chi connectivity index (χ0) is 28.4. The van der Waals surface area contributed by atoms with Gasteiger partial charge in [-0.05, 0) is 67.6 Å². The smallest absolute Gasteiger partial charge is 0.290 e. The Bertz CT molecular complexity index is 1540. The minimum Gasteiger partial charge on any atom is -0.459 e. The first-order chi connectivity index (χ1) is 19.2. The van der Waals surface area contributed by atoms with Gasteiger partial charge in [-0.2, -0.15) is 0 Å². The highest BCUT2D eigenvalue weighted by Gasteiger charge is 2.30. The van der Waals surface area contributed by atoms with Crippen molar-refractivity contribution in [3.05, 3.63) is 93.6 Å². The summed E-state index contributed by atoms with van der Waals surface area (Å²) in [6.45, 7) is 5.07. The van der Waals surface area contributed by atoms with E-state index in [0.717, 1.165) is 27.7 Å². The van der Waals surface area contributed by atoms with Crippen LogP contribution in [0.3, 0.4) is 0 Å². The van der Waals surface area contributed by atoms with E-state index < -0.39 is 11.6 Å². The Balaban J connectivity index is 1.14. The molecule has 2 amide bonds. The van der Waals surface area contributed by atoms with Crippen LogP contribution in [0.15, 0.2) is 63.8 Å². The summed E-state index contributed by atoms with van der Waals surface area (Å²) in [7, 11) is 0. The highest BCUT2D eigenvalue weighted by atomic mass is 79.9. The van der Waals surface area contributed by atoms with E-state index in [2.05, 4.69) is 37.6 Å². The Morgan fingerprint density at radius 2 is 1.90 bits per heavy atom. The van der Waals surface area contributed by atoms with Crippen LogP contribution < -0.4 is 5.32 Å². The number of aromatic nitrogens is 3. The zero-order valence-electron chi connectivity index (χ0n) is 22.0. The molecule has 1 fully saturated rings. The molecule has 0 aliphatic carbocycles. The lowest BCUT2D eigenvalue weighted by atomic mass is 9.95. The van der Waals surface area contributed by atoms with Crippen molar-refractivity contribution in [2.24, 2.45) is 5.92 Å². The third kappa shape index (κ3) is 5.84. The molecule has 5 rings (SSSR count). The Labute approximate surface area is 238 Å². The molecule has 1 aliphatic heterocycles. The number of aryl methyl sites for hydroxylation is 1. The van der Waals surface area contributed by atoms with Gasteiger partial charge in [-0.15, -0.1) is 5.10 Å². The average molecular weight is 612 g/mol. The average Bonchev–Trinajstić information content (AvgIpc) is 3.64. The van der Waals surface area contributed by atoms with Gasteiger partial charge in [0.05, 0.1) is 25.0 Å². The van der Waals surface area contributed by atoms with Crippen molar-refractivity contribution in [2.45, 2.75) is 39.3 Å². The van der Waals surface area contributed by atoms with E-state index in [1.807, 2.05) is 32.2 Å². The fourth-order valence-corrected chi connectivity index (χ4v) is 5.09. The van der Waals surface area contributed by atoms with E-state index >= 15 is 0 Å². The number of amides is 2. The maximum atomic E-state index is 13.7. The standard InChI is InChI=1S/C29H28BrF2N5O3/c1-17-13-20(3-5-24(17)30)18(2)37-16-22(34-35-37)15-33-28(38)19-7-10-36(11-8-19)29(39)27-23(9-12-40-27)21-4-6-25(31)26(32)14-21/h3-6,9,12-14,16,18-19H,7-8,10-11,15H2,1-2H3,(H,33,38)/t18-/m1/s1. The molecule has 40 heavy (non-hydrogen) atoms. The second kappa shape index (κ2) is 11.7. The van der Waals surface area contributed by atoms with E-state index in [9.17, 15) is 18.4 Å². The summed E-state index contributed by atoms with van der Waals surface area (Å²) in [5.74, 6) is -2.60. The Kier molecular flexibility index (Phi) is 8.11. The molecule has 2 aromatic carbocycles. The van der Waals surface area contributed by atoms with E-state index in [1.165, 1.54) is 12.3 Å². The van der Waals surface area contributed by atoms with Gasteiger partial charge in [-0.1, -0.05) is 39.3 Å². The minimum absolute atomic E-state index is 0.0117. The molecule has 0 saturated carbocycles. The van der Waals surface area contributed by atoms with Crippen LogP contribution in [0.1, 0.15) is 53.2 Å². The molecular weight excluding hydrogens is 584 g/mol. The first-order valence-electron chi connectivity index (χ1n) is 13.0. The Hall–Kier alpha value is -3.86. The van der Waals surface area contributed by atoms with Crippen molar-refractivity contribution in [3.8, 4) is 11.1 Å². The fourth-order valence-electron chi connectivity index (χ4n) is 4.84. The van der Waals surface area contributed by atoms with Gasteiger partial charge in [0, 0.05) is 29.0 Å². The molecule has 0 radical (unpaired) electrons. The second-order valence-electron chi connectivity index (χ2n) is 9.95. The minimum atomic E-state index is -0.999. The quantitative estimate of drug-likeness (QED) is 0.291. The molecule has 2 aromatic heterocycles. The highest BCUT2D eigenvalue weighted by molar-refractivity contribution is 9.10. The van der Waals surface area contributed by atoms with Crippen LogP contribution in [0.25, 0.3) is 11.1 Å². The largest absolute Gasteiger partial charge is 0.459 e. The Morgan fingerprint density at radius 3 is 2.62 bits per heavy atom. The summed E-state index contributed by atoms with van der Waals surface area (Å²) >= 11 is 3.52. The van der Waals surface area contributed by atoms with Gasteiger partial charge in [0.1, 0.15) is 5.69 Å². The first-order valence-corrected chi connectivity index (χ1v) is 13.8. The summed E-state index contributed by atoms with van der Waals surface area (Å²) in [5, 5.41) is 11.4. The van der Waals surface area contributed by atoms with Gasteiger partial charge in [-0.25, -0.2) is 13.5 Å². The van der Waals surface area contributed by atoms with Crippen molar-refractivity contribution in [1.29, 1.82) is 0 Å². The SMILES string of the molecule is Cc1cc([C@@H](C)n2cc(CNC(=O)C3CCN(C(=O)c4occc4-c4ccc(F)c(F)c4)CC3)nn2)ccc1Br. The normalized spacial score (nSPS) is 14.8. The number of likely N-dealkylation sites (tertiary alicyclic amines) is 1. The van der Waals surface area contributed by atoms with Crippen LogP contribution in [0, 0.1) is 24.5 Å². The van der Waals surface area contributed by atoms with Crippen LogP contribution in [-0.4, -0.2) is 44.8 Å². The lowest BCUT2D eigenvalue weighted by molar-refractivity contribution is -0.126. The molecule has 1 N–H and O–H groups in total. The predicted molar refractivity (Wildman–Crippen MR) is 147 cm³/mol. The molecule has 1 aliphatic rings. The number of carbonyl (C=O) groups is 2. The van der Waals surface area contributed by atoms with Gasteiger partial charge in [-0.3, -0.25) is 9.59 Å². The lowest BCUT2D eigenvalue weighted by Gasteiger charge is -2.31. The number of furan rings is 1. The molecule has 1 saturated heterocycles. The number of carbonyl (C=O) groups excluding carboxylic acids is 2. The number of rotatable bonds is 7. The molecule has 11 heteroatoms. The second-order valence-corrected chi connectivity index (χ2v) is 10.8. The van der Waals surface area contributed by atoms with Gasteiger partial charge in [0.25, 0.3) is 5.91 Å². The highest BCUT2D eigenvalue weighted by Crippen LogP contribution is 2.29. The number of nitrogens with one attached hydrogen (secondary N) is 1. The summed E-state index contributed by atoms with van der Waals surface area (Å²) in [4.78, 5) is 27.6. The van der Waals surface area contributed by atoms with Crippen molar-refractivity contribution in [3.63, 3.8) is 0 Å². The molecule has 208 valence electrons. The van der Waals surface area contributed by atoms with Gasteiger partial charge < -0.3 is 14.6 Å². The van der Waals surface area contributed by atoms with Gasteiger partial charge in [0.15, 0.2) is 17.4 Å². The van der Waals surface area contributed by atoms with E-state index in [0.29, 0.717) is 42.8 Å². The van der Waals surface area contributed by atoms with Crippen LogP contribution in [0.5, 0.6) is 0 Å². The van der Waals surface area contributed by atoms with Crippen molar-refractivity contribution >= 4 is 27.7 Å². The zero-order valence-corrected chi connectivity index (χ0v) is 23.6. The monoisotopic (exact) mass is 611 g/mol. The topological polar surface area (TPSA) is 93.3 Å². The maximum Gasteiger partial charge on any atom is 0.290 e. The number of benzene rings is 2. The van der Waals surface area contributed by atoms with E-state index in [1.54, 1.807) is 15.6 Å². The summed E-state index contributed by atoms with van der Waals surface area (Å²) in [5.41, 5.74) is 3.64. The number of hydrogen-bond donors (Lipinski definition) is 1. The summed E-state index contributed by atoms with van der Waals surface area (Å²) in [6, 6.07) is 11.1. The molecular formula is C29H28BrF2N5O3. The van der Waals surface area contributed by atoms with E-state index in [-0.39, 0.29) is 36.1 Å². The third-order valence-corrected chi connectivity index (χ3v) is 8.20. The summed E-state index contributed by atoms with van der Waals surface area (Å²) < 4.78 is 35.3. The van der Waals surface area contributed by atoms with Crippen molar-refractivity contribution < 1.29 is 22.8 Å². The Morgan fingerprint density at radius 1 is 1.12 bits per heavy atom. The van der Waals surface area contributed by atoms with Crippen LogP contribution >= 0.6 is 15.9 Å². The van der Waals surface area contributed by atoms with Gasteiger partial charge >= 0.3 is 0 Å². The van der Waals surface area contributed by atoms with Crippen molar-refractivity contribution in [1.82, 2.24) is 25.2 Å². The molecule has 4 aromatic rings. The number of nitrogens with zero attached hydrogens (tertiary/aromatic N) is 4. The number of hydrogen-bond acceptors (Lipinski definition) is 5. The first kappa shape index (κ1) is 27.7. The molecule has 0 bridgehead atoms. The molecule has 0 unspecified atom stereocenters. The van der Waals surface area contributed by atoms with E-state index in [4.69, 9.17) is 4.42 Å². The molecule has 8 nitrogen and oxygen atoms in total. The van der Waals surface area contributed by atoms with Crippen LogP contribution in [0.4, 0.5) is 8.78 Å². The number of piperidine rings is 1. The number of halogens is 3. The molecule has 0 spiro atoms. The van der Waals surface area contributed by atoms with Crippen LogP contribution in [-0.2, 0) is 11.3 Å². The predicted octanol–water partition coefficient (Wildman–Crippen LogP) is 5.67.